The van der Waals surface area contributed by atoms with Gasteiger partial charge in [-0.3, -0.25) is 4.79 Å². The summed E-state index contributed by atoms with van der Waals surface area (Å²) in [5.74, 6) is -0.443. The van der Waals surface area contributed by atoms with Crippen LogP contribution in [0, 0.1) is 12.7 Å². The van der Waals surface area contributed by atoms with Gasteiger partial charge in [0.05, 0.1) is 24.7 Å². The number of carbonyl (C=O) groups excluding carboxylic acids is 1. The molecule has 2 N–H and O–H groups in total. The number of aromatic nitrogens is 2. The van der Waals surface area contributed by atoms with Crippen molar-refractivity contribution in [1.29, 1.82) is 0 Å². The Bertz CT molecular complexity index is 1030. The number of nitrogens with one attached hydrogen (secondary N) is 1. The molecule has 0 spiro atoms. The van der Waals surface area contributed by atoms with E-state index in [1.165, 1.54) is 23.4 Å². The quantitative estimate of drug-likeness (QED) is 0.486. The second-order valence-electron chi connectivity index (χ2n) is 8.51. The molecule has 10 nitrogen and oxygen atoms in total. The average Bonchev–Trinajstić information content (AvgIpc) is 2.81. The van der Waals surface area contributed by atoms with Crippen molar-refractivity contribution in [3.05, 3.63) is 41.5 Å². The molecule has 2 aromatic rings. The summed E-state index contributed by atoms with van der Waals surface area (Å²) in [6, 6.07) is 4.32. The van der Waals surface area contributed by atoms with Gasteiger partial charge >= 0.3 is 6.09 Å². The van der Waals surface area contributed by atoms with E-state index in [9.17, 15) is 14.0 Å². The van der Waals surface area contributed by atoms with Crippen LogP contribution in [-0.2, 0) is 16.0 Å². The van der Waals surface area contributed by atoms with Gasteiger partial charge in [-0.1, -0.05) is 6.07 Å². The Balaban J connectivity index is 1.57. The number of nitrogens with zero attached hydrogens (tertiary/aromatic N) is 3. The van der Waals surface area contributed by atoms with E-state index in [2.05, 4.69) is 15.3 Å². The molecule has 190 valence electrons. The van der Waals surface area contributed by atoms with Gasteiger partial charge in [-0.25, -0.2) is 19.2 Å². The molecular formula is C24H31FN4O6. The van der Waals surface area contributed by atoms with Crippen molar-refractivity contribution < 1.29 is 33.3 Å². The molecule has 0 bridgehead atoms. The van der Waals surface area contributed by atoms with Gasteiger partial charge in [0.1, 0.15) is 12.4 Å². The molecule has 1 fully saturated rings. The Morgan fingerprint density at radius 2 is 1.94 bits per heavy atom. The number of piperidine rings is 1. The third kappa shape index (κ3) is 7.78. The molecule has 0 atom stereocenters. The number of carboxylic acid groups (broad SMARTS) is 1. The maximum Gasteiger partial charge on any atom is 0.407 e. The monoisotopic (exact) mass is 490 g/mol. The van der Waals surface area contributed by atoms with E-state index in [1.54, 1.807) is 13.0 Å². The van der Waals surface area contributed by atoms with Crippen molar-refractivity contribution in [2.45, 2.75) is 52.2 Å². The second-order valence-corrected chi connectivity index (χ2v) is 8.51. The van der Waals surface area contributed by atoms with Gasteiger partial charge in [-0.05, 0) is 38.5 Å². The highest BCUT2D eigenvalue weighted by Crippen LogP contribution is 2.30. The number of carbonyl (C=O) groups is 2. The van der Waals surface area contributed by atoms with Crippen LogP contribution in [0.1, 0.15) is 37.8 Å². The molecule has 0 radical (unpaired) electrons. The molecule has 1 aliphatic rings. The highest BCUT2D eigenvalue weighted by molar-refractivity contribution is 5.78. The van der Waals surface area contributed by atoms with Crippen molar-refractivity contribution in [3.63, 3.8) is 0 Å². The summed E-state index contributed by atoms with van der Waals surface area (Å²) in [5, 5.41) is 11.8. The summed E-state index contributed by atoms with van der Waals surface area (Å²) < 4.78 is 31.7. The molecule has 11 heteroatoms. The van der Waals surface area contributed by atoms with Crippen LogP contribution in [0.15, 0.2) is 24.5 Å². The largest absolute Gasteiger partial charge is 0.474 e. The lowest BCUT2D eigenvalue weighted by atomic mass is 10.1. The number of halogens is 1. The second kappa shape index (κ2) is 12.3. The first-order chi connectivity index (χ1) is 16.7. The van der Waals surface area contributed by atoms with Crippen molar-refractivity contribution in [2.24, 2.45) is 0 Å². The zero-order valence-electron chi connectivity index (χ0n) is 20.1. The molecular weight excluding hydrogens is 459 g/mol. The minimum atomic E-state index is -0.942. The number of rotatable bonds is 10. The van der Waals surface area contributed by atoms with Gasteiger partial charge in [-0.15, -0.1) is 0 Å². The summed E-state index contributed by atoms with van der Waals surface area (Å²) in [5.41, 5.74) is 1.01. The molecule has 1 aromatic carbocycles. The van der Waals surface area contributed by atoms with E-state index in [0.29, 0.717) is 56.1 Å². The number of benzene rings is 1. The topological polar surface area (TPSA) is 123 Å². The first-order valence-corrected chi connectivity index (χ1v) is 11.5. The zero-order chi connectivity index (χ0) is 25.4. The van der Waals surface area contributed by atoms with Crippen LogP contribution in [0.4, 0.5) is 9.18 Å². The van der Waals surface area contributed by atoms with Crippen molar-refractivity contribution in [2.75, 3.05) is 26.2 Å². The minimum absolute atomic E-state index is 0.0318. The fraction of sp³-hybridized carbons (Fsp3) is 0.500. The van der Waals surface area contributed by atoms with Crippen LogP contribution in [0.25, 0.3) is 0 Å². The first-order valence-electron chi connectivity index (χ1n) is 11.5. The van der Waals surface area contributed by atoms with Crippen LogP contribution < -0.4 is 14.8 Å². The lowest BCUT2D eigenvalue weighted by Crippen LogP contribution is -2.41. The van der Waals surface area contributed by atoms with Gasteiger partial charge in [0.25, 0.3) is 0 Å². The zero-order valence-corrected chi connectivity index (χ0v) is 20.1. The lowest BCUT2D eigenvalue weighted by Gasteiger charge is -2.30. The Hall–Kier alpha value is -3.47. The average molecular weight is 491 g/mol. The van der Waals surface area contributed by atoms with Crippen molar-refractivity contribution in [1.82, 2.24) is 20.2 Å². The van der Waals surface area contributed by atoms with Gasteiger partial charge in [0.2, 0.25) is 17.7 Å². The molecule has 1 aliphatic heterocycles. The van der Waals surface area contributed by atoms with Crippen LogP contribution in [0.5, 0.6) is 17.5 Å². The van der Waals surface area contributed by atoms with E-state index < -0.39 is 11.9 Å². The number of amides is 2. The smallest absolute Gasteiger partial charge is 0.407 e. The Kier molecular flexibility index (Phi) is 9.18. The fourth-order valence-corrected chi connectivity index (χ4v) is 3.54. The number of ether oxygens (including phenoxy) is 3. The van der Waals surface area contributed by atoms with E-state index in [4.69, 9.17) is 19.3 Å². The molecule has 0 aliphatic carbocycles. The van der Waals surface area contributed by atoms with Crippen LogP contribution >= 0.6 is 0 Å². The van der Waals surface area contributed by atoms with E-state index >= 15 is 0 Å². The molecule has 35 heavy (non-hydrogen) atoms. The fourth-order valence-electron chi connectivity index (χ4n) is 3.54. The number of hydrogen-bond acceptors (Lipinski definition) is 7. The molecule has 3 rings (SSSR count). The molecule has 0 saturated carbocycles. The maximum absolute atomic E-state index is 14.7. The molecule has 2 amide bonds. The Morgan fingerprint density at radius 3 is 2.60 bits per heavy atom. The van der Waals surface area contributed by atoms with E-state index in [-0.39, 0.29) is 36.2 Å². The Labute approximate surface area is 203 Å². The first kappa shape index (κ1) is 26.1. The standard InChI is InChI=1S/C24H31FN4O6/c1-15(2)33-11-8-26-21(30)13-17-4-5-20(19(25)12-17)35-23-16(3)22(27-14-28-23)34-18-6-9-29(10-7-18)24(31)32/h4-5,12,14-15,18H,6-11,13H2,1-3H3,(H,26,30)(H,31,32). The molecule has 0 unspecified atom stereocenters. The van der Waals surface area contributed by atoms with Gasteiger partial charge < -0.3 is 29.5 Å². The highest BCUT2D eigenvalue weighted by Gasteiger charge is 2.25. The minimum Gasteiger partial charge on any atom is -0.474 e. The number of likely N-dealkylation sites (tertiary alicyclic amines) is 1. The van der Waals surface area contributed by atoms with Crippen molar-refractivity contribution in [3.8, 4) is 17.5 Å². The lowest BCUT2D eigenvalue weighted by molar-refractivity contribution is -0.120. The van der Waals surface area contributed by atoms with Crippen LogP contribution in [0.2, 0.25) is 0 Å². The molecule has 1 saturated heterocycles. The molecule has 2 heterocycles. The summed E-state index contributed by atoms with van der Waals surface area (Å²) in [4.78, 5) is 32.7. The maximum atomic E-state index is 14.7. The Morgan fingerprint density at radius 1 is 1.23 bits per heavy atom. The SMILES string of the molecule is Cc1c(Oc2ccc(CC(=O)NCCOC(C)C)cc2F)ncnc1OC1CCN(C(=O)O)CC1. The van der Waals surface area contributed by atoms with Gasteiger partial charge in [0, 0.05) is 32.5 Å². The predicted octanol–water partition coefficient (Wildman–Crippen LogP) is 3.32. The third-order valence-corrected chi connectivity index (χ3v) is 5.43. The third-order valence-electron chi connectivity index (χ3n) is 5.43. The highest BCUT2D eigenvalue weighted by atomic mass is 19.1. The molecule has 1 aromatic heterocycles. The van der Waals surface area contributed by atoms with Gasteiger partial charge in [0.15, 0.2) is 11.6 Å². The summed E-state index contributed by atoms with van der Waals surface area (Å²) in [6.45, 7) is 7.10. The van der Waals surface area contributed by atoms with Crippen molar-refractivity contribution >= 4 is 12.0 Å². The van der Waals surface area contributed by atoms with E-state index in [0.717, 1.165) is 0 Å². The predicted molar refractivity (Wildman–Crippen MR) is 124 cm³/mol. The summed E-state index contributed by atoms with van der Waals surface area (Å²) in [7, 11) is 0. The normalized spacial score (nSPS) is 14.1. The van der Waals surface area contributed by atoms with E-state index in [1.807, 2.05) is 13.8 Å². The van der Waals surface area contributed by atoms with Crippen LogP contribution in [0.3, 0.4) is 0 Å². The van der Waals surface area contributed by atoms with Gasteiger partial charge in [-0.2, -0.15) is 0 Å². The van der Waals surface area contributed by atoms with Crippen LogP contribution in [-0.4, -0.2) is 70.4 Å². The summed E-state index contributed by atoms with van der Waals surface area (Å²) in [6.07, 6.45) is 1.34. The summed E-state index contributed by atoms with van der Waals surface area (Å²) >= 11 is 0. The number of hydrogen-bond donors (Lipinski definition) is 2.